The Kier molecular flexibility index (Phi) is 4.86. The normalized spacial score (nSPS) is 20.0. The number of piperidine rings is 1. The summed E-state index contributed by atoms with van der Waals surface area (Å²) in [7, 11) is 0. The van der Waals surface area contributed by atoms with E-state index in [1.54, 1.807) is 0 Å². The van der Waals surface area contributed by atoms with Gasteiger partial charge in [-0.25, -0.2) is 0 Å². The van der Waals surface area contributed by atoms with Crippen molar-refractivity contribution in [2.75, 3.05) is 19.7 Å². The molecule has 1 aliphatic rings. The third kappa shape index (κ3) is 3.82. The number of hydrogen-bond donors (Lipinski definition) is 0. The molecule has 112 valence electrons. The van der Waals surface area contributed by atoms with Gasteiger partial charge in [0.1, 0.15) is 0 Å². The Labute approximate surface area is 126 Å². The summed E-state index contributed by atoms with van der Waals surface area (Å²) in [5.74, 6) is 0. The van der Waals surface area contributed by atoms with Gasteiger partial charge in [-0.15, -0.1) is 0 Å². The first-order valence-electron chi connectivity index (χ1n) is 7.82. The Bertz CT molecular complexity index is 582. The first-order valence-corrected chi connectivity index (χ1v) is 7.82. The first kappa shape index (κ1) is 14.5. The molecule has 3 rings (SSSR count). The van der Waals surface area contributed by atoms with Crippen molar-refractivity contribution in [1.82, 2.24) is 5.06 Å². The van der Waals surface area contributed by atoms with Crippen LogP contribution in [0.25, 0.3) is 10.8 Å². The standard InChI is InChI=1S/C18H23NO2/c1-2-21-19-11-5-8-18(13-19)20-14-15-9-10-16-6-3-4-7-17(16)12-15/h3-4,6-7,9-10,12,18H,2,5,8,11,13-14H2,1H3. The Hall–Kier alpha value is -1.42. The molecule has 2 aromatic rings. The van der Waals surface area contributed by atoms with Crippen LogP contribution in [0.15, 0.2) is 42.5 Å². The summed E-state index contributed by atoms with van der Waals surface area (Å²) in [6.07, 6.45) is 2.54. The lowest BCUT2D eigenvalue weighted by atomic mass is 10.1. The highest BCUT2D eigenvalue weighted by molar-refractivity contribution is 5.82. The number of nitrogens with zero attached hydrogens (tertiary/aromatic N) is 1. The molecule has 0 aliphatic carbocycles. The quantitative estimate of drug-likeness (QED) is 0.834. The Morgan fingerprint density at radius 1 is 1.14 bits per heavy atom. The molecule has 0 aromatic heterocycles. The van der Waals surface area contributed by atoms with E-state index in [2.05, 4.69) is 42.5 Å². The maximum absolute atomic E-state index is 6.07. The van der Waals surface area contributed by atoms with E-state index in [0.717, 1.165) is 32.5 Å². The monoisotopic (exact) mass is 285 g/mol. The predicted molar refractivity (Wildman–Crippen MR) is 85.0 cm³/mol. The number of hydroxylamine groups is 2. The zero-order valence-corrected chi connectivity index (χ0v) is 12.6. The van der Waals surface area contributed by atoms with E-state index >= 15 is 0 Å². The second-order valence-corrected chi connectivity index (χ2v) is 5.56. The summed E-state index contributed by atoms with van der Waals surface area (Å²) >= 11 is 0. The highest BCUT2D eigenvalue weighted by atomic mass is 16.7. The summed E-state index contributed by atoms with van der Waals surface area (Å²) in [5, 5.41) is 4.59. The van der Waals surface area contributed by atoms with Crippen LogP contribution in [0, 0.1) is 0 Å². The van der Waals surface area contributed by atoms with E-state index in [4.69, 9.17) is 9.57 Å². The van der Waals surface area contributed by atoms with Crippen LogP contribution in [0.5, 0.6) is 0 Å². The van der Waals surface area contributed by atoms with E-state index in [0.29, 0.717) is 6.61 Å². The molecule has 1 aliphatic heterocycles. The van der Waals surface area contributed by atoms with Crippen LogP contribution in [0.4, 0.5) is 0 Å². The third-order valence-electron chi connectivity index (χ3n) is 3.95. The SMILES string of the molecule is CCON1CCCC(OCc2ccc3ccccc3c2)C1. The zero-order valence-electron chi connectivity index (χ0n) is 12.6. The van der Waals surface area contributed by atoms with Crippen molar-refractivity contribution in [3.63, 3.8) is 0 Å². The minimum absolute atomic E-state index is 0.275. The fourth-order valence-electron chi connectivity index (χ4n) is 2.88. The topological polar surface area (TPSA) is 21.7 Å². The molecular formula is C18H23NO2. The zero-order chi connectivity index (χ0) is 14.5. The van der Waals surface area contributed by atoms with E-state index in [9.17, 15) is 0 Å². The van der Waals surface area contributed by atoms with Crippen LogP contribution >= 0.6 is 0 Å². The second kappa shape index (κ2) is 7.03. The van der Waals surface area contributed by atoms with Crippen molar-refractivity contribution in [1.29, 1.82) is 0 Å². The van der Waals surface area contributed by atoms with Crippen molar-refractivity contribution in [3.8, 4) is 0 Å². The molecule has 0 radical (unpaired) electrons. The number of benzene rings is 2. The average Bonchev–Trinajstić information content (AvgIpc) is 2.53. The van der Waals surface area contributed by atoms with Gasteiger partial charge in [-0.05, 0) is 42.2 Å². The van der Waals surface area contributed by atoms with Crippen LogP contribution in [0.1, 0.15) is 25.3 Å². The maximum atomic E-state index is 6.07. The summed E-state index contributed by atoms with van der Waals surface area (Å²) in [5.41, 5.74) is 1.24. The van der Waals surface area contributed by atoms with Gasteiger partial charge in [-0.2, -0.15) is 5.06 Å². The van der Waals surface area contributed by atoms with E-state index in [1.165, 1.54) is 16.3 Å². The molecule has 2 aromatic carbocycles. The molecule has 1 heterocycles. The van der Waals surface area contributed by atoms with Gasteiger partial charge in [0.2, 0.25) is 0 Å². The highest BCUT2D eigenvalue weighted by Crippen LogP contribution is 2.19. The van der Waals surface area contributed by atoms with Crippen molar-refractivity contribution in [2.24, 2.45) is 0 Å². The molecule has 21 heavy (non-hydrogen) atoms. The summed E-state index contributed by atoms with van der Waals surface area (Å²) < 4.78 is 6.07. The molecule has 3 heteroatoms. The molecule has 0 bridgehead atoms. The fraction of sp³-hybridized carbons (Fsp3) is 0.444. The van der Waals surface area contributed by atoms with Crippen LogP contribution in [0.3, 0.4) is 0 Å². The summed E-state index contributed by atoms with van der Waals surface area (Å²) in [6, 6.07) is 15.0. The molecule has 0 saturated carbocycles. The lowest BCUT2D eigenvalue weighted by Gasteiger charge is -2.31. The lowest BCUT2D eigenvalue weighted by Crippen LogP contribution is -2.39. The maximum Gasteiger partial charge on any atom is 0.0730 e. The van der Waals surface area contributed by atoms with Gasteiger partial charge >= 0.3 is 0 Å². The van der Waals surface area contributed by atoms with Gasteiger partial charge in [0.25, 0.3) is 0 Å². The molecule has 0 amide bonds. The van der Waals surface area contributed by atoms with E-state index < -0.39 is 0 Å². The number of rotatable bonds is 5. The molecule has 3 nitrogen and oxygen atoms in total. The molecule has 1 unspecified atom stereocenters. The van der Waals surface area contributed by atoms with Gasteiger partial charge in [-0.3, -0.25) is 4.84 Å². The summed E-state index contributed by atoms with van der Waals surface area (Å²) in [6.45, 7) is 5.33. The van der Waals surface area contributed by atoms with Gasteiger partial charge < -0.3 is 4.74 Å². The van der Waals surface area contributed by atoms with Gasteiger partial charge in [-0.1, -0.05) is 36.4 Å². The molecule has 1 saturated heterocycles. The number of ether oxygens (including phenoxy) is 1. The Morgan fingerprint density at radius 2 is 2.00 bits per heavy atom. The van der Waals surface area contributed by atoms with Crippen molar-refractivity contribution < 1.29 is 9.57 Å². The minimum atomic E-state index is 0.275. The van der Waals surface area contributed by atoms with Gasteiger partial charge in [0, 0.05) is 6.54 Å². The third-order valence-corrected chi connectivity index (χ3v) is 3.95. The number of fused-ring (bicyclic) bond motifs is 1. The minimum Gasteiger partial charge on any atom is -0.372 e. The highest BCUT2D eigenvalue weighted by Gasteiger charge is 2.20. The van der Waals surface area contributed by atoms with Crippen LogP contribution < -0.4 is 0 Å². The molecular weight excluding hydrogens is 262 g/mol. The van der Waals surface area contributed by atoms with Crippen LogP contribution in [-0.2, 0) is 16.2 Å². The molecule has 0 N–H and O–H groups in total. The lowest BCUT2D eigenvalue weighted by molar-refractivity contribution is -0.190. The second-order valence-electron chi connectivity index (χ2n) is 5.56. The van der Waals surface area contributed by atoms with E-state index in [1.807, 2.05) is 12.0 Å². The van der Waals surface area contributed by atoms with E-state index in [-0.39, 0.29) is 6.10 Å². The van der Waals surface area contributed by atoms with Crippen molar-refractivity contribution >= 4 is 10.8 Å². The largest absolute Gasteiger partial charge is 0.372 e. The molecule has 0 spiro atoms. The Morgan fingerprint density at radius 3 is 2.86 bits per heavy atom. The molecule has 1 atom stereocenters. The van der Waals surface area contributed by atoms with Crippen LogP contribution in [0.2, 0.25) is 0 Å². The Balaban J connectivity index is 1.58. The first-order chi connectivity index (χ1) is 10.3. The number of hydrogen-bond acceptors (Lipinski definition) is 3. The molecule has 1 fully saturated rings. The van der Waals surface area contributed by atoms with Crippen molar-refractivity contribution in [2.45, 2.75) is 32.5 Å². The fourth-order valence-corrected chi connectivity index (χ4v) is 2.88. The van der Waals surface area contributed by atoms with Crippen LogP contribution in [-0.4, -0.2) is 30.9 Å². The predicted octanol–water partition coefficient (Wildman–Crippen LogP) is 3.77. The smallest absolute Gasteiger partial charge is 0.0730 e. The van der Waals surface area contributed by atoms with Crippen molar-refractivity contribution in [3.05, 3.63) is 48.0 Å². The average molecular weight is 285 g/mol. The summed E-state index contributed by atoms with van der Waals surface area (Å²) in [4.78, 5) is 5.58. The van der Waals surface area contributed by atoms with Gasteiger partial charge in [0.05, 0.1) is 25.9 Å². The van der Waals surface area contributed by atoms with Gasteiger partial charge in [0.15, 0.2) is 0 Å².